The number of hydrogen-bond acceptors (Lipinski definition) is 6. The number of nitrogens with one attached hydrogen (secondary N) is 2. The number of ether oxygens (including phenoxy) is 3. The fourth-order valence-corrected chi connectivity index (χ4v) is 3.28. The first-order valence-corrected chi connectivity index (χ1v) is 11.1. The van der Waals surface area contributed by atoms with Crippen molar-refractivity contribution < 1.29 is 28.6 Å². The van der Waals surface area contributed by atoms with E-state index in [2.05, 4.69) is 10.6 Å². The van der Waals surface area contributed by atoms with Crippen molar-refractivity contribution in [3.63, 3.8) is 0 Å². The van der Waals surface area contributed by atoms with Gasteiger partial charge in [0.2, 0.25) is 0 Å². The van der Waals surface area contributed by atoms with Gasteiger partial charge in [0.05, 0.1) is 7.11 Å². The molecule has 3 aromatic rings. The summed E-state index contributed by atoms with van der Waals surface area (Å²) >= 11 is 0. The minimum atomic E-state index is -1.03. The highest BCUT2D eigenvalue weighted by molar-refractivity contribution is 5.85. The van der Waals surface area contributed by atoms with Crippen molar-refractivity contribution >= 4 is 18.0 Å². The van der Waals surface area contributed by atoms with Gasteiger partial charge >= 0.3 is 12.1 Å². The van der Waals surface area contributed by atoms with Crippen LogP contribution in [0.3, 0.4) is 0 Å². The van der Waals surface area contributed by atoms with Gasteiger partial charge in [-0.05, 0) is 17.2 Å². The molecule has 0 aliphatic carbocycles. The Kier molecular flexibility index (Phi) is 9.68. The molecule has 2 N–H and O–H groups in total. The van der Waals surface area contributed by atoms with Gasteiger partial charge in [-0.1, -0.05) is 78.9 Å². The third-order valence-corrected chi connectivity index (χ3v) is 5.09. The molecule has 3 rings (SSSR count). The van der Waals surface area contributed by atoms with Gasteiger partial charge in [0.15, 0.2) is 6.61 Å². The molecule has 0 radical (unpaired) electrons. The Bertz CT molecular complexity index is 1100. The topological polar surface area (TPSA) is 103 Å². The minimum absolute atomic E-state index is 0.0606. The van der Waals surface area contributed by atoms with E-state index in [1.807, 2.05) is 78.9 Å². The summed E-state index contributed by atoms with van der Waals surface area (Å²) in [5, 5.41) is 5.24. The first-order valence-electron chi connectivity index (χ1n) is 11.1. The number of carbonyl (C=O) groups is 3. The summed E-state index contributed by atoms with van der Waals surface area (Å²) in [5.74, 6) is -0.571. The number of rotatable bonds is 11. The molecule has 3 aromatic carbocycles. The van der Waals surface area contributed by atoms with E-state index < -0.39 is 30.6 Å². The highest BCUT2D eigenvalue weighted by Gasteiger charge is 2.24. The Labute approximate surface area is 204 Å². The lowest BCUT2D eigenvalue weighted by molar-refractivity contribution is -0.150. The molecule has 182 valence electrons. The lowest BCUT2D eigenvalue weighted by Crippen LogP contribution is -2.44. The zero-order valence-corrected chi connectivity index (χ0v) is 19.4. The molecule has 0 fully saturated rings. The minimum Gasteiger partial charge on any atom is -0.496 e. The van der Waals surface area contributed by atoms with Crippen LogP contribution in [0.1, 0.15) is 16.7 Å². The van der Waals surface area contributed by atoms with Crippen LogP contribution in [-0.4, -0.2) is 37.7 Å². The predicted octanol–water partition coefficient (Wildman–Crippen LogP) is 3.39. The molecule has 1 atom stereocenters. The van der Waals surface area contributed by atoms with Crippen LogP contribution in [0.5, 0.6) is 5.75 Å². The Morgan fingerprint density at radius 3 is 2.11 bits per heavy atom. The molecule has 0 aliphatic heterocycles. The first-order chi connectivity index (χ1) is 17.0. The second kappa shape index (κ2) is 13.4. The van der Waals surface area contributed by atoms with E-state index in [0.29, 0.717) is 5.75 Å². The van der Waals surface area contributed by atoms with Crippen molar-refractivity contribution in [3.05, 3.63) is 102 Å². The third-order valence-electron chi connectivity index (χ3n) is 5.09. The van der Waals surface area contributed by atoms with Crippen LogP contribution in [-0.2, 0) is 38.6 Å². The number of esters is 1. The monoisotopic (exact) mass is 476 g/mol. The summed E-state index contributed by atoms with van der Waals surface area (Å²) in [4.78, 5) is 37.3. The average molecular weight is 477 g/mol. The van der Waals surface area contributed by atoms with Gasteiger partial charge in [-0.2, -0.15) is 0 Å². The maximum absolute atomic E-state index is 12.7. The van der Waals surface area contributed by atoms with Crippen LogP contribution in [0.25, 0.3) is 0 Å². The van der Waals surface area contributed by atoms with Crippen LogP contribution >= 0.6 is 0 Å². The summed E-state index contributed by atoms with van der Waals surface area (Å²) in [6.07, 6.45) is -0.574. The van der Waals surface area contributed by atoms with Crippen molar-refractivity contribution in [1.29, 1.82) is 0 Å². The highest BCUT2D eigenvalue weighted by atomic mass is 16.6. The summed E-state index contributed by atoms with van der Waals surface area (Å²) in [6.45, 7) is -0.205. The highest BCUT2D eigenvalue weighted by Crippen LogP contribution is 2.16. The smallest absolute Gasteiger partial charge is 0.408 e. The molecule has 0 aliphatic rings. The van der Waals surface area contributed by atoms with Gasteiger partial charge in [0.25, 0.3) is 5.91 Å². The summed E-state index contributed by atoms with van der Waals surface area (Å²) in [7, 11) is 1.55. The second-order valence-corrected chi connectivity index (χ2v) is 7.64. The number of methoxy groups -OCH3 is 1. The molecule has 0 aromatic heterocycles. The van der Waals surface area contributed by atoms with E-state index in [1.54, 1.807) is 13.2 Å². The average Bonchev–Trinajstić information content (AvgIpc) is 2.90. The summed E-state index contributed by atoms with van der Waals surface area (Å²) < 4.78 is 15.7. The van der Waals surface area contributed by atoms with Gasteiger partial charge < -0.3 is 24.8 Å². The van der Waals surface area contributed by atoms with E-state index in [1.165, 1.54) is 0 Å². The fraction of sp³-hybridized carbons (Fsp3) is 0.222. The van der Waals surface area contributed by atoms with Gasteiger partial charge in [0, 0.05) is 18.5 Å². The second-order valence-electron chi connectivity index (χ2n) is 7.64. The maximum atomic E-state index is 12.7. The molecule has 0 saturated carbocycles. The summed E-state index contributed by atoms with van der Waals surface area (Å²) in [6, 6.07) is 24.6. The molecule has 0 heterocycles. The van der Waals surface area contributed by atoms with Crippen molar-refractivity contribution in [2.75, 3.05) is 13.7 Å². The van der Waals surface area contributed by atoms with Gasteiger partial charge in [0.1, 0.15) is 18.4 Å². The Hall–Kier alpha value is -4.33. The number of alkyl carbamates (subject to hydrolysis) is 1. The number of para-hydroxylation sites is 1. The quantitative estimate of drug-likeness (QED) is 0.411. The molecule has 1 unspecified atom stereocenters. The predicted molar refractivity (Wildman–Crippen MR) is 129 cm³/mol. The molecule has 35 heavy (non-hydrogen) atoms. The number of benzene rings is 3. The molecule has 0 saturated heterocycles. The van der Waals surface area contributed by atoms with E-state index in [4.69, 9.17) is 14.2 Å². The van der Waals surface area contributed by atoms with E-state index in [-0.39, 0.29) is 19.6 Å². The molecular weight excluding hydrogens is 448 g/mol. The van der Waals surface area contributed by atoms with E-state index in [9.17, 15) is 14.4 Å². The third kappa shape index (κ3) is 8.51. The van der Waals surface area contributed by atoms with Crippen LogP contribution in [0.15, 0.2) is 84.9 Å². The Morgan fingerprint density at radius 2 is 1.43 bits per heavy atom. The number of carbonyl (C=O) groups excluding carboxylic acids is 3. The largest absolute Gasteiger partial charge is 0.496 e. The van der Waals surface area contributed by atoms with Gasteiger partial charge in [-0.15, -0.1) is 0 Å². The van der Waals surface area contributed by atoms with Crippen LogP contribution < -0.4 is 15.4 Å². The zero-order valence-electron chi connectivity index (χ0n) is 19.4. The van der Waals surface area contributed by atoms with Crippen LogP contribution in [0.2, 0.25) is 0 Å². The van der Waals surface area contributed by atoms with Crippen molar-refractivity contribution in [2.45, 2.75) is 25.6 Å². The molecular formula is C27H28N2O6. The summed E-state index contributed by atoms with van der Waals surface area (Å²) in [5.41, 5.74) is 2.43. The van der Waals surface area contributed by atoms with Crippen LogP contribution in [0, 0.1) is 0 Å². The number of hydrogen-bond donors (Lipinski definition) is 2. The van der Waals surface area contributed by atoms with Crippen LogP contribution in [0.4, 0.5) is 4.79 Å². The molecule has 2 amide bonds. The van der Waals surface area contributed by atoms with E-state index >= 15 is 0 Å². The lowest BCUT2D eigenvalue weighted by Gasteiger charge is -2.18. The van der Waals surface area contributed by atoms with Gasteiger partial charge in [-0.25, -0.2) is 9.59 Å². The Balaban J connectivity index is 1.54. The van der Waals surface area contributed by atoms with Gasteiger partial charge in [-0.3, -0.25) is 4.79 Å². The normalized spacial score (nSPS) is 11.1. The molecule has 0 bridgehead atoms. The van der Waals surface area contributed by atoms with Crippen molar-refractivity contribution in [2.24, 2.45) is 0 Å². The SMILES string of the molecule is COc1ccccc1CNC(=O)COC(=O)C(Cc1ccccc1)NC(=O)OCc1ccccc1. The Morgan fingerprint density at radius 1 is 0.800 bits per heavy atom. The first kappa shape index (κ1) is 25.3. The maximum Gasteiger partial charge on any atom is 0.408 e. The number of amides is 2. The molecule has 0 spiro atoms. The van der Waals surface area contributed by atoms with E-state index in [0.717, 1.165) is 16.7 Å². The lowest BCUT2D eigenvalue weighted by atomic mass is 10.1. The molecule has 8 heteroatoms. The fourth-order valence-electron chi connectivity index (χ4n) is 3.28. The molecule has 8 nitrogen and oxygen atoms in total. The van der Waals surface area contributed by atoms with Crippen molar-refractivity contribution in [1.82, 2.24) is 10.6 Å². The van der Waals surface area contributed by atoms with Crippen molar-refractivity contribution in [3.8, 4) is 5.75 Å². The zero-order chi connectivity index (χ0) is 24.9. The standard InChI is InChI=1S/C27H28N2O6/c1-33-24-15-9-8-14-22(24)17-28-25(30)19-34-26(31)23(16-20-10-4-2-5-11-20)29-27(32)35-18-21-12-6-3-7-13-21/h2-15,23H,16-19H2,1H3,(H,28,30)(H,29,32).